The molecule has 0 spiro atoms. The molecule has 5 nitrogen and oxygen atoms in total. The molecule has 2 N–H and O–H groups in total. The zero-order valence-electron chi connectivity index (χ0n) is 9.86. The summed E-state index contributed by atoms with van der Waals surface area (Å²) in [4.78, 5) is 10.0. The fourth-order valence-electron chi connectivity index (χ4n) is 2.31. The number of nitrogens with zero attached hydrogens (tertiary/aromatic N) is 1. The molecule has 98 valence electrons. The number of hydrogen-bond donors (Lipinski definition) is 2. The van der Waals surface area contributed by atoms with Crippen LogP contribution in [-0.4, -0.2) is 23.1 Å². The standard InChI is InChI=1S/C12H15FN2O3/c13-11-6-10(15(17)18)5-9(12(11)16)4-8-2-1-3-14-7-8/h5-6,8,14,16H,1-4,7H2. The Morgan fingerprint density at radius 3 is 2.94 bits per heavy atom. The number of phenols is 1. The highest BCUT2D eigenvalue weighted by atomic mass is 19.1. The number of aromatic hydroxyl groups is 1. The molecule has 1 aromatic carbocycles. The molecular formula is C12H15FN2O3. The lowest BCUT2D eigenvalue weighted by Crippen LogP contribution is -2.30. The van der Waals surface area contributed by atoms with E-state index < -0.39 is 16.5 Å². The first-order valence-electron chi connectivity index (χ1n) is 5.94. The second-order valence-electron chi connectivity index (χ2n) is 4.61. The van der Waals surface area contributed by atoms with Crippen molar-refractivity contribution in [1.82, 2.24) is 5.32 Å². The maximum absolute atomic E-state index is 13.4. The first-order valence-corrected chi connectivity index (χ1v) is 5.94. The first-order chi connectivity index (χ1) is 8.58. The van der Waals surface area contributed by atoms with E-state index in [1.807, 2.05) is 0 Å². The van der Waals surface area contributed by atoms with Crippen LogP contribution in [-0.2, 0) is 6.42 Å². The molecule has 0 radical (unpaired) electrons. The van der Waals surface area contributed by atoms with Crippen molar-refractivity contribution >= 4 is 5.69 Å². The van der Waals surface area contributed by atoms with E-state index in [0.717, 1.165) is 32.0 Å². The quantitative estimate of drug-likeness (QED) is 0.639. The SMILES string of the molecule is O=[N+]([O-])c1cc(F)c(O)c(CC2CCCNC2)c1. The third-order valence-corrected chi connectivity index (χ3v) is 3.25. The van der Waals surface area contributed by atoms with Crippen LogP contribution in [0.5, 0.6) is 5.75 Å². The summed E-state index contributed by atoms with van der Waals surface area (Å²) in [6, 6.07) is 2.00. The fourth-order valence-corrected chi connectivity index (χ4v) is 2.31. The number of hydrogen-bond acceptors (Lipinski definition) is 4. The normalized spacial score (nSPS) is 19.7. The Balaban J connectivity index is 2.22. The lowest BCUT2D eigenvalue weighted by molar-refractivity contribution is -0.385. The van der Waals surface area contributed by atoms with E-state index in [-0.39, 0.29) is 11.6 Å². The molecule has 1 atom stereocenters. The Morgan fingerprint density at radius 2 is 2.33 bits per heavy atom. The average molecular weight is 254 g/mol. The van der Waals surface area contributed by atoms with Crippen molar-refractivity contribution in [2.24, 2.45) is 5.92 Å². The Morgan fingerprint density at radius 1 is 1.56 bits per heavy atom. The summed E-state index contributed by atoms with van der Waals surface area (Å²) in [7, 11) is 0. The van der Waals surface area contributed by atoms with Crippen LogP contribution in [0, 0.1) is 21.8 Å². The molecule has 0 amide bonds. The Bertz CT molecular complexity index is 459. The monoisotopic (exact) mass is 254 g/mol. The number of non-ortho nitro benzene ring substituents is 1. The van der Waals surface area contributed by atoms with Crippen LogP contribution >= 0.6 is 0 Å². The Hall–Kier alpha value is -1.69. The van der Waals surface area contributed by atoms with Crippen molar-refractivity contribution in [3.63, 3.8) is 0 Å². The van der Waals surface area contributed by atoms with Gasteiger partial charge in [-0.25, -0.2) is 4.39 Å². The summed E-state index contributed by atoms with van der Waals surface area (Å²) in [5.74, 6) is -1.11. The van der Waals surface area contributed by atoms with Gasteiger partial charge >= 0.3 is 0 Å². The third kappa shape index (κ3) is 2.76. The smallest absolute Gasteiger partial charge is 0.272 e. The van der Waals surface area contributed by atoms with Gasteiger partial charge in [-0.2, -0.15) is 0 Å². The van der Waals surface area contributed by atoms with Gasteiger partial charge in [-0.3, -0.25) is 10.1 Å². The molecule has 0 aliphatic carbocycles. The molecule has 18 heavy (non-hydrogen) atoms. The average Bonchev–Trinajstić information content (AvgIpc) is 2.35. The highest BCUT2D eigenvalue weighted by Gasteiger charge is 2.20. The van der Waals surface area contributed by atoms with Crippen molar-refractivity contribution < 1.29 is 14.4 Å². The van der Waals surface area contributed by atoms with E-state index in [1.165, 1.54) is 6.07 Å². The minimum atomic E-state index is -0.928. The zero-order valence-corrected chi connectivity index (χ0v) is 9.86. The number of nitrogens with one attached hydrogen (secondary N) is 1. The molecule has 6 heteroatoms. The molecule has 1 unspecified atom stereocenters. The van der Waals surface area contributed by atoms with Crippen LogP contribution in [0.3, 0.4) is 0 Å². The van der Waals surface area contributed by atoms with Crippen molar-refractivity contribution in [1.29, 1.82) is 0 Å². The van der Waals surface area contributed by atoms with Crippen molar-refractivity contribution in [2.75, 3.05) is 13.1 Å². The molecule has 1 heterocycles. The number of phenolic OH excluding ortho intramolecular Hbond substituents is 1. The zero-order chi connectivity index (χ0) is 13.1. The lowest BCUT2D eigenvalue weighted by atomic mass is 9.91. The van der Waals surface area contributed by atoms with Gasteiger partial charge in [0, 0.05) is 11.6 Å². The molecule has 1 aromatic rings. The van der Waals surface area contributed by atoms with Gasteiger partial charge in [0.2, 0.25) is 0 Å². The third-order valence-electron chi connectivity index (χ3n) is 3.25. The molecule has 1 aliphatic rings. The summed E-state index contributed by atoms with van der Waals surface area (Å²) in [5.41, 5.74) is -0.000492. The van der Waals surface area contributed by atoms with Crippen molar-refractivity contribution in [3.8, 4) is 5.75 Å². The van der Waals surface area contributed by atoms with E-state index in [2.05, 4.69) is 5.32 Å². The van der Waals surface area contributed by atoms with Crippen LogP contribution in [0.25, 0.3) is 0 Å². The summed E-state index contributed by atoms with van der Waals surface area (Å²) < 4.78 is 13.4. The molecule has 0 aromatic heterocycles. The van der Waals surface area contributed by atoms with Gasteiger partial charge in [-0.1, -0.05) is 0 Å². The van der Waals surface area contributed by atoms with Crippen LogP contribution in [0.15, 0.2) is 12.1 Å². The number of nitro groups is 1. The maximum Gasteiger partial charge on any atom is 0.272 e. The number of piperidine rings is 1. The van der Waals surface area contributed by atoms with Gasteiger partial charge < -0.3 is 10.4 Å². The van der Waals surface area contributed by atoms with E-state index in [4.69, 9.17) is 0 Å². The van der Waals surface area contributed by atoms with Gasteiger partial charge in [0.25, 0.3) is 5.69 Å². The predicted octanol–water partition coefficient (Wildman–Crippen LogP) is 1.98. The Kier molecular flexibility index (Phi) is 3.76. The molecule has 1 saturated heterocycles. The van der Waals surface area contributed by atoms with Gasteiger partial charge in [-0.05, 0) is 38.3 Å². The van der Waals surface area contributed by atoms with Crippen LogP contribution < -0.4 is 5.32 Å². The number of rotatable bonds is 3. The number of nitro benzene ring substituents is 1. The fraction of sp³-hybridized carbons (Fsp3) is 0.500. The molecular weight excluding hydrogens is 239 g/mol. The van der Waals surface area contributed by atoms with E-state index in [1.54, 1.807) is 0 Å². The minimum Gasteiger partial charge on any atom is -0.505 e. The lowest BCUT2D eigenvalue weighted by Gasteiger charge is -2.22. The van der Waals surface area contributed by atoms with E-state index in [9.17, 15) is 19.6 Å². The molecule has 0 saturated carbocycles. The summed E-state index contributed by atoms with van der Waals surface area (Å²) >= 11 is 0. The van der Waals surface area contributed by atoms with E-state index in [0.29, 0.717) is 12.0 Å². The highest BCUT2D eigenvalue weighted by molar-refractivity contribution is 5.44. The first kappa shape index (κ1) is 12.8. The van der Waals surface area contributed by atoms with Gasteiger partial charge in [0.05, 0.1) is 11.0 Å². The van der Waals surface area contributed by atoms with Gasteiger partial charge in [0.15, 0.2) is 11.6 Å². The maximum atomic E-state index is 13.4. The minimum absolute atomic E-state index is 0.283. The van der Waals surface area contributed by atoms with Gasteiger partial charge in [0.1, 0.15) is 0 Å². The highest BCUT2D eigenvalue weighted by Crippen LogP contribution is 2.30. The van der Waals surface area contributed by atoms with E-state index >= 15 is 0 Å². The van der Waals surface area contributed by atoms with Crippen LogP contribution in [0.4, 0.5) is 10.1 Å². The van der Waals surface area contributed by atoms with Gasteiger partial charge in [-0.15, -0.1) is 0 Å². The largest absolute Gasteiger partial charge is 0.505 e. The molecule has 1 aliphatic heterocycles. The second kappa shape index (κ2) is 5.30. The number of benzene rings is 1. The molecule has 1 fully saturated rings. The molecule has 2 rings (SSSR count). The summed E-state index contributed by atoms with van der Waals surface area (Å²) in [6.07, 6.45) is 2.47. The second-order valence-corrected chi connectivity index (χ2v) is 4.61. The van der Waals surface area contributed by atoms with Crippen LogP contribution in [0.2, 0.25) is 0 Å². The predicted molar refractivity (Wildman–Crippen MR) is 64.0 cm³/mol. The number of halogens is 1. The Labute approximate surface area is 104 Å². The summed E-state index contributed by atoms with van der Waals surface area (Å²) in [5, 5.41) is 23.5. The molecule has 0 bridgehead atoms. The summed E-state index contributed by atoms with van der Waals surface area (Å²) in [6.45, 7) is 1.76. The van der Waals surface area contributed by atoms with Crippen LogP contribution in [0.1, 0.15) is 18.4 Å². The van der Waals surface area contributed by atoms with Crippen molar-refractivity contribution in [3.05, 3.63) is 33.6 Å². The topological polar surface area (TPSA) is 75.4 Å². The van der Waals surface area contributed by atoms with Crippen molar-refractivity contribution in [2.45, 2.75) is 19.3 Å².